The Hall–Kier alpha value is -0.160. The van der Waals surface area contributed by atoms with Crippen molar-refractivity contribution in [3.8, 4) is 0 Å². The first kappa shape index (κ1) is 13.9. The smallest absolute Gasteiger partial charge is 0.183 e. The molecule has 1 heterocycles. The van der Waals surface area contributed by atoms with Crippen molar-refractivity contribution in [2.75, 3.05) is 26.4 Å². The third kappa shape index (κ3) is 4.78. The maximum Gasteiger partial charge on any atom is 0.183 e. The van der Waals surface area contributed by atoms with E-state index in [1.54, 1.807) is 0 Å². The first-order valence-corrected chi connectivity index (χ1v) is 6.26. The predicted octanol–water partition coefficient (Wildman–Crippen LogP) is 1.56. The summed E-state index contributed by atoms with van der Waals surface area (Å²) in [5.74, 6) is 0.534. The lowest BCUT2D eigenvalue weighted by Gasteiger charge is -2.28. The largest absolute Gasteiger partial charge is 0.388 e. The van der Waals surface area contributed by atoms with Crippen molar-refractivity contribution in [1.82, 2.24) is 0 Å². The Morgan fingerprint density at radius 2 is 1.75 bits per heavy atom. The van der Waals surface area contributed by atoms with E-state index in [4.69, 9.17) is 14.2 Å². The Kier molecular flexibility index (Phi) is 6.96. The van der Waals surface area contributed by atoms with E-state index < -0.39 is 12.4 Å². The molecule has 4 nitrogen and oxygen atoms in total. The average Bonchev–Trinajstić information content (AvgIpc) is 2.30. The van der Waals surface area contributed by atoms with Crippen LogP contribution in [0.25, 0.3) is 0 Å². The minimum atomic E-state index is -0.525. The van der Waals surface area contributed by atoms with Crippen molar-refractivity contribution >= 4 is 0 Å². The van der Waals surface area contributed by atoms with Gasteiger partial charge in [0.1, 0.15) is 6.10 Å². The van der Waals surface area contributed by atoms with E-state index >= 15 is 0 Å². The minimum absolute atomic E-state index is 0.474. The fourth-order valence-corrected chi connectivity index (χ4v) is 2.03. The fraction of sp³-hybridized carbons (Fsp3) is 1.00. The zero-order valence-electron chi connectivity index (χ0n) is 10.4. The molecule has 0 aromatic rings. The van der Waals surface area contributed by atoms with Gasteiger partial charge in [0.25, 0.3) is 0 Å². The quantitative estimate of drug-likeness (QED) is 0.677. The SMILES string of the molecule is CCOC(OCC)C(O)CC1CCOCC1. The Bertz CT molecular complexity index is 162. The lowest BCUT2D eigenvalue weighted by molar-refractivity contribution is -0.194. The van der Waals surface area contributed by atoms with Gasteiger partial charge in [0.2, 0.25) is 0 Å². The molecule has 0 radical (unpaired) electrons. The van der Waals surface area contributed by atoms with Gasteiger partial charge < -0.3 is 19.3 Å². The Morgan fingerprint density at radius 1 is 1.19 bits per heavy atom. The second kappa shape index (κ2) is 8.01. The van der Waals surface area contributed by atoms with Crippen LogP contribution in [0.3, 0.4) is 0 Å². The topological polar surface area (TPSA) is 47.9 Å². The molecular formula is C12H24O4. The molecule has 16 heavy (non-hydrogen) atoms. The molecule has 1 saturated heterocycles. The third-order valence-corrected chi connectivity index (χ3v) is 2.89. The number of aliphatic hydroxyl groups excluding tert-OH is 1. The van der Waals surface area contributed by atoms with Crippen molar-refractivity contribution < 1.29 is 19.3 Å². The zero-order chi connectivity index (χ0) is 11.8. The summed E-state index contributed by atoms with van der Waals surface area (Å²) in [5.41, 5.74) is 0. The van der Waals surface area contributed by atoms with E-state index in [0.29, 0.717) is 19.1 Å². The molecule has 1 N–H and O–H groups in total. The second-order valence-electron chi connectivity index (χ2n) is 4.14. The van der Waals surface area contributed by atoms with Crippen LogP contribution in [0, 0.1) is 5.92 Å². The van der Waals surface area contributed by atoms with Gasteiger partial charge in [0.15, 0.2) is 6.29 Å². The summed E-state index contributed by atoms with van der Waals surface area (Å²) in [7, 11) is 0. The lowest BCUT2D eigenvalue weighted by Crippen LogP contribution is -2.34. The van der Waals surface area contributed by atoms with Crippen LogP contribution in [0.4, 0.5) is 0 Å². The molecule has 0 bridgehead atoms. The minimum Gasteiger partial charge on any atom is -0.388 e. The maximum absolute atomic E-state index is 10.0. The Labute approximate surface area is 97.9 Å². The fourth-order valence-electron chi connectivity index (χ4n) is 2.03. The highest BCUT2D eigenvalue weighted by Crippen LogP contribution is 2.22. The normalized spacial score (nSPS) is 20.2. The first-order valence-electron chi connectivity index (χ1n) is 6.26. The summed E-state index contributed by atoms with van der Waals surface area (Å²) in [4.78, 5) is 0. The molecule has 1 unspecified atom stereocenters. The molecule has 1 aliphatic rings. The predicted molar refractivity (Wildman–Crippen MR) is 61.2 cm³/mol. The van der Waals surface area contributed by atoms with E-state index in [0.717, 1.165) is 32.5 Å². The molecule has 0 aromatic heterocycles. The molecule has 1 atom stereocenters. The molecule has 1 fully saturated rings. The van der Waals surface area contributed by atoms with E-state index in [1.807, 2.05) is 13.8 Å². The number of aliphatic hydroxyl groups is 1. The van der Waals surface area contributed by atoms with Gasteiger partial charge in [0.05, 0.1) is 0 Å². The van der Waals surface area contributed by atoms with Gasteiger partial charge in [-0.2, -0.15) is 0 Å². The van der Waals surface area contributed by atoms with Gasteiger partial charge in [-0.05, 0) is 39.0 Å². The molecule has 96 valence electrons. The average molecular weight is 232 g/mol. The van der Waals surface area contributed by atoms with E-state index in [2.05, 4.69) is 0 Å². The van der Waals surface area contributed by atoms with Crippen LogP contribution in [-0.2, 0) is 14.2 Å². The van der Waals surface area contributed by atoms with Crippen LogP contribution < -0.4 is 0 Å². The lowest BCUT2D eigenvalue weighted by atomic mass is 9.93. The van der Waals surface area contributed by atoms with E-state index in [9.17, 15) is 5.11 Å². The molecule has 1 aliphatic heterocycles. The van der Waals surface area contributed by atoms with Gasteiger partial charge >= 0.3 is 0 Å². The van der Waals surface area contributed by atoms with Gasteiger partial charge in [0, 0.05) is 26.4 Å². The number of hydrogen-bond acceptors (Lipinski definition) is 4. The van der Waals surface area contributed by atoms with Crippen LogP contribution in [0.5, 0.6) is 0 Å². The molecular weight excluding hydrogens is 208 g/mol. The second-order valence-corrected chi connectivity index (χ2v) is 4.14. The van der Waals surface area contributed by atoms with Crippen LogP contribution in [0.15, 0.2) is 0 Å². The highest BCUT2D eigenvalue weighted by Gasteiger charge is 2.24. The summed E-state index contributed by atoms with van der Waals surface area (Å²) in [6.45, 7) is 6.57. The summed E-state index contributed by atoms with van der Waals surface area (Å²) in [6, 6.07) is 0. The standard InChI is InChI=1S/C12H24O4/c1-3-15-12(16-4-2)11(13)9-10-5-7-14-8-6-10/h10-13H,3-9H2,1-2H3. The van der Waals surface area contributed by atoms with Crippen molar-refractivity contribution in [2.24, 2.45) is 5.92 Å². The van der Waals surface area contributed by atoms with Crippen LogP contribution in [0.2, 0.25) is 0 Å². The number of hydrogen-bond donors (Lipinski definition) is 1. The summed E-state index contributed by atoms with van der Waals surface area (Å²) in [5, 5.41) is 10.0. The number of ether oxygens (including phenoxy) is 3. The van der Waals surface area contributed by atoms with Gasteiger partial charge in [-0.15, -0.1) is 0 Å². The van der Waals surface area contributed by atoms with Crippen molar-refractivity contribution in [2.45, 2.75) is 45.5 Å². The Balaban J connectivity index is 2.31. The van der Waals surface area contributed by atoms with Gasteiger partial charge in [-0.1, -0.05) is 0 Å². The van der Waals surface area contributed by atoms with E-state index in [-0.39, 0.29) is 0 Å². The number of rotatable bonds is 7. The van der Waals surface area contributed by atoms with Crippen LogP contribution in [-0.4, -0.2) is 43.9 Å². The molecule has 0 amide bonds. The van der Waals surface area contributed by atoms with Crippen molar-refractivity contribution in [3.63, 3.8) is 0 Å². The summed E-state index contributed by atoms with van der Waals surface area (Å²) >= 11 is 0. The Morgan fingerprint density at radius 3 is 2.25 bits per heavy atom. The van der Waals surface area contributed by atoms with Crippen molar-refractivity contribution in [3.05, 3.63) is 0 Å². The zero-order valence-corrected chi connectivity index (χ0v) is 10.4. The van der Waals surface area contributed by atoms with Crippen LogP contribution >= 0.6 is 0 Å². The molecule has 0 aromatic carbocycles. The monoisotopic (exact) mass is 232 g/mol. The molecule has 0 aliphatic carbocycles. The maximum atomic E-state index is 10.0. The molecule has 4 heteroatoms. The molecule has 1 rings (SSSR count). The third-order valence-electron chi connectivity index (χ3n) is 2.89. The van der Waals surface area contributed by atoms with Gasteiger partial charge in [-0.25, -0.2) is 0 Å². The molecule has 0 spiro atoms. The molecule has 0 saturated carbocycles. The van der Waals surface area contributed by atoms with Crippen LogP contribution in [0.1, 0.15) is 33.1 Å². The van der Waals surface area contributed by atoms with E-state index in [1.165, 1.54) is 0 Å². The van der Waals surface area contributed by atoms with Gasteiger partial charge in [-0.3, -0.25) is 0 Å². The highest BCUT2D eigenvalue weighted by atomic mass is 16.7. The summed E-state index contributed by atoms with van der Waals surface area (Å²) < 4.78 is 16.1. The highest BCUT2D eigenvalue weighted by molar-refractivity contribution is 4.70. The summed E-state index contributed by atoms with van der Waals surface area (Å²) in [6.07, 6.45) is 1.80. The first-order chi connectivity index (χ1) is 7.77. The van der Waals surface area contributed by atoms with Crippen molar-refractivity contribution in [1.29, 1.82) is 0 Å².